The molecule has 1 saturated heterocycles. The summed E-state index contributed by atoms with van der Waals surface area (Å²) in [6.45, 7) is 4.81. The van der Waals surface area contributed by atoms with Crippen molar-refractivity contribution in [2.75, 3.05) is 26.2 Å². The normalized spacial score (nSPS) is 18.9. The predicted octanol–water partition coefficient (Wildman–Crippen LogP) is 2.31. The molecule has 0 spiro atoms. The van der Waals surface area contributed by atoms with Crippen LogP contribution in [0, 0.1) is 17.8 Å². The van der Waals surface area contributed by atoms with Crippen LogP contribution in [0.2, 0.25) is 0 Å². The van der Waals surface area contributed by atoms with Crippen LogP contribution in [0.5, 0.6) is 0 Å². The van der Waals surface area contributed by atoms with Crippen LogP contribution in [0.4, 0.5) is 0 Å². The van der Waals surface area contributed by atoms with Gasteiger partial charge in [0.15, 0.2) is 0 Å². The molecule has 20 heavy (non-hydrogen) atoms. The van der Waals surface area contributed by atoms with Crippen LogP contribution in [0.1, 0.15) is 25.3 Å². The molecule has 1 aromatic rings. The van der Waals surface area contributed by atoms with Crippen LogP contribution >= 0.6 is 0 Å². The number of ether oxygens (including phenoxy) is 1. The lowest BCUT2D eigenvalue weighted by atomic mass is 9.98. The summed E-state index contributed by atoms with van der Waals surface area (Å²) in [6, 6.07) is 9.97. The maximum Gasteiger partial charge on any atom is 0.310 e. The number of likely N-dealkylation sites (tertiary alicyclic amines) is 1. The van der Waals surface area contributed by atoms with E-state index in [2.05, 4.69) is 16.7 Å². The molecule has 1 aromatic carbocycles. The van der Waals surface area contributed by atoms with Gasteiger partial charge < -0.3 is 4.74 Å². The second kappa shape index (κ2) is 7.72. The molecular formula is C17H21NO2. The molecule has 0 aliphatic carbocycles. The van der Waals surface area contributed by atoms with E-state index in [0.29, 0.717) is 13.2 Å². The van der Waals surface area contributed by atoms with Crippen molar-refractivity contribution in [3.05, 3.63) is 35.9 Å². The molecule has 0 saturated carbocycles. The van der Waals surface area contributed by atoms with Gasteiger partial charge in [0.05, 0.1) is 19.1 Å². The first-order chi connectivity index (χ1) is 9.79. The standard InChI is InChI=1S/C17H21NO2/c1-2-20-17(19)16-11-7-13-18(14-16)12-6-10-15-8-4-3-5-9-15/h3-5,8-9,16H,2,7,11-14H2,1H3/t16-/m1/s1. The van der Waals surface area contributed by atoms with Crippen LogP contribution in [-0.2, 0) is 9.53 Å². The van der Waals surface area contributed by atoms with E-state index in [0.717, 1.165) is 31.5 Å². The van der Waals surface area contributed by atoms with Crippen LogP contribution in [0.25, 0.3) is 0 Å². The van der Waals surface area contributed by atoms with E-state index >= 15 is 0 Å². The van der Waals surface area contributed by atoms with Crippen LogP contribution in [-0.4, -0.2) is 37.1 Å². The number of hydrogen-bond acceptors (Lipinski definition) is 3. The highest BCUT2D eigenvalue weighted by Crippen LogP contribution is 2.17. The minimum atomic E-state index is -0.0618. The second-order valence-corrected chi connectivity index (χ2v) is 4.99. The third-order valence-electron chi connectivity index (χ3n) is 3.43. The van der Waals surface area contributed by atoms with Gasteiger partial charge in [-0.1, -0.05) is 30.0 Å². The summed E-state index contributed by atoms with van der Waals surface area (Å²) >= 11 is 0. The van der Waals surface area contributed by atoms with E-state index in [1.165, 1.54) is 0 Å². The summed E-state index contributed by atoms with van der Waals surface area (Å²) in [5, 5.41) is 0. The molecule has 0 aromatic heterocycles. The molecule has 1 fully saturated rings. The second-order valence-electron chi connectivity index (χ2n) is 4.99. The van der Waals surface area contributed by atoms with Gasteiger partial charge in [0.2, 0.25) is 0 Å². The highest BCUT2D eigenvalue weighted by molar-refractivity contribution is 5.72. The van der Waals surface area contributed by atoms with Crippen molar-refractivity contribution in [2.45, 2.75) is 19.8 Å². The Labute approximate surface area is 120 Å². The average Bonchev–Trinajstić information content (AvgIpc) is 2.49. The first-order valence-electron chi connectivity index (χ1n) is 7.22. The molecule has 1 aliphatic rings. The van der Waals surface area contributed by atoms with Gasteiger partial charge in [-0.2, -0.15) is 0 Å². The first-order valence-corrected chi connectivity index (χ1v) is 7.22. The van der Waals surface area contributed by atoms with Gasteiger partial charge in [-0.15, -0.1) is 0 Å². The van der Waals surface area contributed by atoms with Crippen molar-refractivity contribution in [2.24, 2.45) is 5.92 Å². The monoisotopic (exact) mass is 271 g/mol. The van der Waals surface area contributed by atoms with Crippen LogP contribution in [0.15, 0.2) is 30.3 Å². The largest absolute Gasteiger partial charge is 0.466 e. The molecule has 106 valence electrons. The molecule has 1 atom stereocenters. The number of nitrogens with zero attached hydrogens (tertiary/aromatic N) is 1. The van der Waals surface area contributed by atoms with Gasteiger partial charge >= 0.3 is 5.97 Å². The Bertz CT molecular complexity index is 487. The molecular weight excluding hydrogens is 250 g/mol. The molecule has 0 radical (unpaired) electrons. The Morgan fingerprint density at radius 1 is 1.40 bits per heavy atom. The Hall–Kier alpha value is -1.79. The van der Waals surface area contributed by atoms with E-state index in [1.54, 1.807) is 0 Å². The molecule has 1 aliphatic heterocycles. The summed E-state index contributed by atoms with van der Waals surface area (Å²) in [7, 11) is 0. The molecule has 0 bridgehead atoms. The molecule has 0 unspecified atom stereocenters. The minimum absolute atomic E-state index is 0.0159. The zero-order chi connectivity index (χ0) is 14.2. The van der Waals surface area contributed by atoms with Crippen molar-refractivity contribution in [3.63, 3.8) is 0 Å². The number of esters is 1. The van der Waals surface area contributed by atoms with E-state index in [4.69, 9.17) is 4.74 Å². The highest BCUT2D eigenvalue weighted by atomic mass is 16.5. The van der Waals surface area contributed by atoms with Crippen molar-refractivity contribution in [3.8, 4) is 11.8 Å². The quantitative estimate of drug-likeness (QED) is 0.624. The highest BCUT2D eigenvalue weighted by Gasteiger charge is 2.26. The molecule has 0 amide bonds. The molecule has 0 N–H and O–H groups in total. The van der Waals surface area contributed by atoms with Crippen molar-refractivity contribution < 1.29 is 9.53 Å². The van der Waals surface area contributed by atoms with Gasteiger partial charge in [-0.05, 0) is 38.4 Å². The number of hydrogen-bond donors (Lipinski definition) is 0. The Morgan fingerprint density at radius 2 is 2.20 bits per heavy atom. The van der Waals surface area contributed by atoms with Gasteiger partial charge in [0.1, 0.15) is 0 Å². The van der Waals surface area contributed by atoms with Crippen molar-refractivity contribution in [1.82, 2.24) is 4.90 Å². The fraction of sp³-hybridized carbons (Fsp3) is 0.471. The fourth-order valence-corrected chi connectivity index (χ4v) is 2.43. The zero-order valence-corrected chi connectivity index (χ0v) is 12.0. The lowest BCUT2D eigenvalue weighted by Crippen LogP contribution is -2.39. The molecule has 1 heterocycles. The zero-order valence-electron chi connectivity index (χ0n) is 12.0. The molecule has 3 heteroatoms. The number of benzene rings is 1. The van der Waals surface area contributed by atoms with Gasteiger partial charge in [0, 0.05) is 12.1 Å². The summed E-state index contributed by atoms with van der Waals surface area (Å²) in [4.78, 5) is 14.0. The van der Waals surface area contributed by atoms with Gasteiger partial charge in [-0.25, -0.2) is 0 Å². The Kier molecular flexibility index (Phi) is 5.64. The lowest BCUT2D eigenvalue weighted by Gasteiger charge is -2.29. The topological polar surface area (TPSA) is 29.5 Å². The van der Waals surface area contributed by atoms with Gasteiger partial charge in [0.25, 0.3) is 0 Å². The van der Waals surface area contributed by atoms with Crippen molar-refractivity contribution in [1.29, 1.82) is 0 Å². The smallest absolute Gasteiger partial charge is 0.310 e. The lowest BCUT2D eigenvalue weighted by molar-refractivity contribution is -0.149. The predicted molar refractivity (Wildman–Crippen MR) is 79.1 cm³/mol. The van der Waals surface area contributed by atoms with Crippen LogP contribution < -0.4 is 0 Å². The van der Waals surface area contributed by atoms with Crippen LogP contribution in [0.3, 0.4) is 0 Å². The SMILES string of the molecule is CCOC(=O)[C@@H]1CCCN(CC#Cc2ccccc2)C1. The number of rotatable bonds is 3. The van der Waals surface area contributed by atoms with Crippen molar-refractivity contribution >= 4 is 5.97 Å². The van der Waals surface area contributed by atoms with E-state index in [9.17, 15) is 4.79 Å². The first kappa shape index (κ1) is 14.6. The van der Waals surface area contributed by atoms with E-state index in [-0.39, 0.29) is 11.9 Å². The average molecular weight is 271 g/mol. The number of carbonyl (C=O) groups is 1. The Morgan fingerprint density at radius 3 is 2.95 bits per heavy atom. The van der Waals surface area contributed by atoms with Gasteiger partial charge in [-0.3, -0.25) is 9.69 Å². The van der Waals surface area contributed by atoms with E-state index < -0.39 is 0 Å². The Balaban J connectivity index is 1.84. The molecule has 3 nitrogen and oxygen atoms in total. The third kappa shape index (κ3) is 4.40. The summed E-state index contributed by atoms with van der Waals surface area (Å²) in [6.07, 6.45) is 1.97. The number of carbonyl (C=O) groups excluding carboxylic acids is 1. The summed E-state index contributed by atoms with van der Waals surface area (Å²) < 4.78 is 5.10. The van der Waals surface area contributed by atoms with E-state index in [1.807, 2.05) is 37.3 Å². The fourth-order valence-electron chi connectivity index (χ4n) is 2.43. The minimum Gasteiger partial charge on any atom is -0.466 e. The maximum absolute atomic E-state index is 11.8. The third-order valence-corrected chi connectivity index (χ3v) is 3.43. The molecule has 2 rings (SSSR count). The number of piperidine rings is 1. The summed E-state index contributed by atoms with van der Waals surface area (Å²) in [5.41, 5.74) is 1.03. The summed E-state index contributed by atoms with van der Waals surface area (Å²) in [5.74, 6) is 6.29. The maximum atomic E-state index is 11.8.